The minimum Gasteiger partial charge on any atom is -0.383 e. The molecule has 3 saturated heterocycles. The predicted octanol–water partition coefficient (Wildman–Crippen LogP) is 2.77. The molecule has 3 aliphatic rings. The number of piperidine rings is 2. The lowest BCUT2D eigenvalue weighted by atomic mass is 9.83. The average molecular weight is 428 g/mol. The van der Waals surface area contributed by atoms with Crippen molar-refractivity contribution in [2.24, 2.45) is 11.8 Å². The third-order valence-corrected chi connectivity index (χ3v) is 7.34. The monoisotopic (exact) mass is 427 g/mol. The highest BCUT2D eigenvalue weighted by atomic mass is 16.5. The summed E-state index contributed by atoms with van der Waals surface area (Å²) in [6, 6.07) is 10.6. The molecule has 1 aromatic rings. The molecule has 0 aromatic heterocycles. The number of benzene rings is 1. The van der Waals surface area contributed by atoms with Crippen LogP contribution in [0, 0.1) is 11.8 Å². The minimum absolute atomic E-state index is 0.0880. The van der Waals surface area contributed by atoms with Gasteiger partial charge in [-0.05, 0) is 50.3 Å². The fraction of sp³-hybridized carbons (Fsp3) is 0.680. The van der Waals surface area contributed by atoms with E-state index in [1.165, 1.54) is 45.2 Å². The Hall–Kier alpha value is -1.92. The molecule has 0 aliphatic carbocycles. The lowest BCUT2D eigenvalue weighted by molar-refractivity contribution is -0.137. The molecule has 31 heavy (non-hydrogen) atoms. The van der Waals surface area contributed by atoms with E-state index in [1.807, 2.05) is 40.1 Å². The fourth-order valence-electron chi connectivity index (χ4n) is 5.72. The van der Waals surface area contributed by atoms with Crippen LogP contribution in [-0.2, 0) is 20.9 Å². The van der Waals surface area contributed by atoms with Crippen LogP contribution in [-0.4, -0.2) is 79.0 Å². The Morgan fingerprint density at radius 3 is 2.74 bits per heavy atom. The number of nitrogens with zero attached hydrogens (tertiary/aromatic N) is 3. The summed E-state index contributed by atoms with van der Waals surface area (Å²) in [7, 11) is 1.69. The molecule has 3 aliphatic heterocycles. The topological polar surface area (TPSA) is 53.1 Å². The van der Waals surface area contributed by atoms with Crippen molar-refractivity contribution in [3.8, 4) is 0 Å². The minimum atomic E-state index is -0.237. The maximum absolute atomic E-state index is 13.5. The first-order chi connectivity index (χ1) is 15.2. The third-order valence-electron chi connectivity index (χ3n) is 7.34. The van der Waals surface area contributed by atoms with E-state index in [0.29, 0.717) is 44.6 Å². The molecule has 3 fully saturated rings. The van der Waals surface area contributed by atoms with Crippen LogP contribution in [0.25, 0.3) is 0 Å². The van der Waals surface area contributed by atoms with Crippen molar-refractivity contribution in [3.63, 3.8) is 0 Å². The molecule has 0 N–H and O–H groups in total. The summed E-state index contributed by atoms with van der Waals surface area (Å²) in [5, 5.41) is 0. The van der Waals surface area contributed by atoms with Crippen LogP contribution < -0.4 is 0 Å². The zero-order valence-corrected chi connectivity index (χ0v) is 18.9. The molecule has 3 unspecified atom stereocenters. The number of carbonyl (C=O) groups is 2. The second-order valence-corrected chi connectivity index (χ2v) is 9.44. The van der Waals surface area contributed by atoms with E-state index in [4.69, 9.17) is 4.74 Å². The van der Waals surface area contributed by atoms with Gasteiger partial charge in [-0.2, -0.15) is 0 Å². The molecule has 6 nitrogen and oxygen atoms in total. The third kappa shape index (κ3) is 5.47. The number of methoxy groups -OCH3 is 1. The van der Waals surface area contributed by atoms with Crippen LogP contribution in [0.15, 0.2) is 30.3 Å². The Balaban J connectivity index is 1.40. The number of amides is 2. The van der Waals surface area contributed by atoms with Crippen LogP contribution in [0.5, 0.6) is 0 Å². The average Bonchev–Trinajstić information content (AvgIpc) is 3.17. The molecule has 0 spiro atoms. The molecule has 6 heteroatoms. The molecule has 0 radical (unpaired) electrons. The highest BCUT2D eigenvalue weighted by Crippen LogP contribution is 2.32. The van der Waals surface area contributed by atoms with E-state index in [2.05, 4.69) is 4.90 Å². The summed E-state index contributed by atoms with van der Waals surface area (Å²) in [5.41, 5.74) is 1.11. The van der Waals surface area contributed by atoms with Gasteiger partial charge in [0.25, 0.3) is 0 Å². The van der Waals surface area contributed by atoms with Crippen molar-refractivity contribution in [3.05, 3.63) is 35.9 Å². The van der Waals surface area contributed by atoms with E-state index in [0.717, 1.165) is 12.1 Å². The van der Waals surface area contributed by atoms with Gasteiger partial charge in [0.15, 0.2) is 0 Å². The van der Waals surface area contributed by atoms with E-state index in [1.54, 1.807) is 7.11 Å². The van der Waals surface area contributed by atoms with Crippen molar-refractivity contribution in [1.82, 2.24) is 14.7 Å². The molecule has 170 valence electrons. The zero-order valence-electron chi connectivity index (χ0n) is 18.9. The summed E-state index contributed by atoms with van der Waals surface area (Å²) in [6.07, 6.45) is 6.60. The highest BCUT2D eigenvalue weighted by Gasteiger charge is 2.39. The van der Waals surface area contributed by atoms with Gasteiger partial charge in [-0.15, -0.1) is 0 Å². The van der Waals surface area contributed by atoms with Crippen molar-refractivity contribution in [1.29, 1.82) is 0 Å². The quantitative estimate of drug-likeness (QED) is 0.640. The SMILES string of the molecule is COCCN(CC1CCCN2CCCCC12)C(=O)C1CC(=O)N(Cc2ccccc2)C1. The van der Waals surface area contributed by atoms with Crippen molar-refractivity contribution in [2.45, 2.75) is 51.1 Å². The predicted molar refractivity (Wildman–Crippen MR) is 120 cm³/mol. The number of hydrogen-bond donors (Lipinski definition) is 0. The second-order valence-electron chi connectivity index (χ2n) is 9.44. The van der Waals surface area contributed by atoms with Crippen molar-refractivity contribution >= 4 is 11.8 Å². The highest BCUT2D eigenvalue weighted by molar-refractivity contribution is 5.89. The van der Waals surface area contributed by atoms with Crippen molar-refractivity contribution in [2.75, 3.05) is 46.4 Å². The number of rotatable bonds is 8. The summed E-state index contributed by atoms with van der Waals surface area (Å²) in [4.78, 5) is 32.6. The molecular weight excluding hydrogens is 390 g/mol. The summed E-state index contributed by atoms with van der Waals surface area (Å²) in [6.45, 7) is 5.48. The second kappa shape index (κ2) is 10.6. The smallest absolute Gasteiger partial charge is 0.228 e. The summed E-state index contributed by atoms with van der Waals surface area (Å²) in [5.74, 6) is 0.519. The standard InChI is InChI=1S/C25H37N3O3/c1-31-15-14-27(18-21-10-7-13-26-12-6-5-11-23(21)26)25(30)22-16-24(29)28(19-22)17-20-8-3-2-4-9-20/h2-4,8-9,21-23H,5-7,10-19H2,1H3. The maximum Gasteiger partial charge on any atom is 0.228 e. The van der Waals surface area contributed by atoms with Gasteiger partial charge in [-0.3, -0.25) is 9.59 Å². The Labute approximate surface area is 186 Å². The molecule has 3 heterocycles. The van der Waals surface area contributed by atoms with Gasteiger partial charge >= 0.3 is 0 Å². The van der Waals surface area contributed by atoms with Gasteiger partial charge in [0, 0.05) is 45.8 Å². The number of carbonyl (C=O) groups excluding carboxylic acids is 2. The maximum atomic E-state index is 13.5. The fourth-order valence-corrected chi connectivity index (χ4v) is 5.72. The normalized spacial score (nSPS) is 26.7. The van der Waals surface area contributed by atoms with Crippen LogP contribution >= 0.6 is 0 Å². The molecule has 4 rings (SSSR count). The van der Waals surface area contributed by atoms with Gasteiger partial charge in [0.1, 0.15) is 0 Å². The van der Waals surface area contributed by atoms with Crippen LogP contribution in [0.3, 0.4) is 0 Å². The largest absolute Gasteiger partial charge is 0.383 e. The van der Waals surface area contributed by atoms with Gasteiger partial charge in [0.2, 0.25) is 11.8 Å². The van der Waals surface area contributed by atoms with Crippen LogP contribution in [0.1, 0.15) is 44.1 Å². The van der Waals surface area contributed by atoms with E-state index in [9.17, 15) is 9.59 Å². The van der Waals surface area contributed by atoms with E-state index >= 15 is 0 Å². The van der Waals surface area contributed by atoms with Gasteiger partial charge in [-0.25, -0.2) is 0 Å². The van der Waals surface area contributed by atoms with Gasteiger partial charge in [-0.1, -0.05) is 36.8 Å². The Bertz CT molecular complexity index is 739. The first-order valence-corrected chi connectivity index (χ1v) is 12.0. The van der Waals surface area contributed by atoms with Gasteiger partial charge in [0.05, 0.1) is 12.5 Å². The van der Waals surface area contributed by atoms with Gasteiger partial charge < -0.3 is 19.4 Å². The molecule has 2 amide bonds. The molecular formula is C25H37N3O3. The summed E-state index contributed by atoms with van der Waals surface area (Å²) >= 11 is 0. The first kappa shape index (κ1) is 22.3. The number of likely N-dealkylation sites (tertiary alicyclic amines) is 1. The number of ether oxygens (including phenoxy) is 1. The van der Waals surface area contributed by atoms with E-state index in [-0.39, 0.29) is 17.7 Å². The molecule has 0 saturated carbocycles. The first-order valence-electron chi connectivity index (χ1n) is 12.0. The number of hydrogen-bond acceptors (Lipinski definition) is 4. The lowest BCUT2D eigenvalue weighted by Crippen LogP contribution is -2.52. The molecule has 1 aromatic carbocycles. The Morgan fingerprint density at radius 1 is 1.13 bits per heavy atom. The van der Waals surface area contributed by atoms with E-state index < -0.39 is 0 Å². The van der Waals surface area contributed by atoms with Crippen LogP contribution in [0.4, 0.5) is 0 Å². The lowest BCUT2D eigenvalue weighted by Gasteiger charge is -2.46. The Morgan fingerprint density at radius 2 is 1.94 bits per heavy atom. The zero-order chi connectivity index (χ0) is 21.6. The molecule has 0 bridgehead atoms. The summed E-state index contributed by atoms with van der Waals surface area (Å²) < 4.78 is 5.32. The molecule has 3 atom stereocenters. The Kier molecular flexibility index (Phi) is 7.62. The van der Waals surface area contributed by atoms with Crippen LogP contribution in [0.2, 0.25) is 0 Å². The number of fused-ring (bicyclic) bond motifs is 1. The van der Waals surface area contributed by atoms with Crippen molar-refractivity contribution < 1.29 is 14.3 Å².